The van der Waals surface area contributed by atoms with Crippen LogP contribution in [0.4, 0.5) is 11.5 Å². The van der Waals surface area contributed by atoms with Crippen molar-refractivity contribution >= 4 is 43.4 Å². The predicted molar refractivity (Wildman–Crippen MR) is 86.0 cm³/mol. The third-order valence-electron chi connectivity index (χ3n) is 2.59. The van der Waals surface area contributed by atoms with Gasteiger partial charge in [-0.1, -0.05) is 29.8 Å². The van der Waals surface area contributed by atoms with Crippen LogP contribution in [0.2, 0.25) is 0 Å². The Kier molecular flexibility index (Phi) is 4.73. The summed E-state index contributed by atoms with van der Waals surface area (Å²) in [5.41, 5.74) is 1.27. The molecule has 0 fully saturated rings. The minimum atomic E-state index is 0.230. The van der Waals surface area contributed by atoms with Gasteiger partial charge in [-0.25, -0.2) is 9.97 Å². The molecule has 0 saturated heterocycles. The average Bonchev–Trinajstić information content (AvgIpc) is 2.40. The molecular formula is C14H12Br2N4. The summed E-state index contributed by atoms with van der Waals surface area (Å²) >= 11 is 6.73. The normalized spacial score (nSPS) is 10.4. The molecule has 1 N–H and O–H groups in total. The quantitative estimate of drug-likeness (QED) is 0.762. The van der Waals surface area contributed by atoms with Crippen molar-refractivity contribution in [3.8, 4) is 6.07 Å². The van der Waals surface area contributed by atoms with Crippen molar-refractivity contribution in [2.24, 2.45) is 0 Å². The third-order valence-corrected chi connectivity index (χ3v) is 3.49. The molecule has 20 heavy (non-hydrogen) atoms. The van der Waals surface area contributed by atoms with Crippen LogP contribution >= 0.6 is 31.9 Å². The number of nitrogens with zero attached hydrogens (tertiary/aromatic N) is 3. The SMILES string of the molecule is CC(C)c1nc(Br)cc(Nc2ccc(Br)cc2C#N)n1. The van der Waals surface area contributed by atoms with Crippen molar-refractivity contribution < 1.29 is 0 Å². The molecule has 0 amide bonds. The Hall–Kier alpha value is -1.45. The minimum absolute atomic E-state index is 0.230. The monoisotopic (exact) mass is 394 g/mol. The maximum Gasteiger partial charge on any atom is 0.135 e. The van der Waals surface area contributed by atoms with Crippen LogP contribution in [0, 0.1) is 11.3 Å². The second kappa shape index (κ2) is 6.33. The molecule has 0 bridgehead atoms. The molecule has 0 spiro atoms. The van der Waals surface area contributed by atoms with E-state index >= 15 is 0 Å². The van der Waals surface area contributed by atoms with E-state index in [0.717, 1.165) is 16.0 Å². The first-order valence-electron chi connectivity index (χ1n) is 6.00. The molecule has 0 aliphatic carbocycles. The largest absolute Gasteiger partial charge is 0.339 e. The van der Waals surface area contributed by atoms with Crippen LogP contribution in [0.5, 0.6) is 0 Å². The van der Waals surface area contributed by atoms with Gasteiger partial charge in [-0.3, -0.25) is 0 Å². The lowest BCUT2D eigenvalue weighted by molar-refractivity contribution is 0.771. The standard InChI is InChI=1S/C14H12Br2N4/c1-8(2)14-19-12(16)6-13(20-14)18-11-4-3-10(15)5-9(11)7-17/h3-6,8H,1-2H3,(H,18,19,20). The Morgan fingerprint density at radius 3 is 2.60 bits per heavy atom. The molecule has 2 aromatic rings. The Morgan fingerprint density at radius 1 is 1.20 bits per heavy atom. The number of anilines is 2. The highest BCUT2D eigenvalue weighted by atomic mass is 79.9. The lowest BCUT2D eigenvalue weighted by atomic mass is 10.2. The van der Waals surface area contributed by atoms with E-state index < -0.39 is 0 Å². The van der Waals surface area contributed by atoms with Crippen molar-refractivity contribution in [2.45, 2.75) is 19.8 Å². The van der Waals surface area contributed by atoms with Gasteiger partial charge in [0.25, 0.3) is 0 Å². The van der Waals surface area contributed by atoms with E-state index in [0.29, 0.717) is 16.0 Å². The maximum atomic E-state index is 9.17. The maximum absolute atomic E-state index is 9.17. The van der Waals surface area contributed by atoms with Gasteiger partial charge in [-0.2, -0.15) is 5.26 Å². The Morgan fingerprint density at radius 2 is 1.95 bits per heavy atom. The number of aromatic nitrogens is 2. The fraction of sp³-hybridized carbons (Fsp3) is 0.214. The van der Waals surface area contributed by atoms with E-state index in [2.05, 4.69) is 53.2 Å². The lowest BCUT2D eigenvalue weighted by Crippen LogP contribution is -2.03. The number of benzene rings is 1. The number of halogens is 2. The van der Waals surface area contributed by atoms with Gasteiger partial charge in [-0.15, -0.1) is 0 Å². The van der Waals surface area contributed by atoms with E-state index in [1.165, 1.54) is 0 Å². The van der Waals surface area contributed by atoms with E-state index in [1.54, 1.807) is 12.1 Å². The highest BCUT2D eigenvalue weighted by Crippen LogP contribution is 2.25. The molecular weight excluding hydrogens is 384 g/mol. The van der Waals surface area contributed by atoms with Gasteiger partial charge >= 0.3 is 0 Å². The van der Waals surface area contributed by atoms with Crippen molar-refractivity contribution in [3.63, 3.8) is 0 Å². The van der Waals surface area contributed by atoms with Crippen LogP contribution in [0.1, 0.15) is 31.2 Å². The first-order chi connectivity index (χ1) is 9.49. The summed E-state index contributed by atoms with van der Waals surface area (Å²) in [7, 11) is 0. The van der Waals surface area contributed by atoms with Crippen molar-refractivity contribution in [1.29, 1.82) is 5.26 Å². The van der Waals surface area contributed by atoms with Crippen LogP contribution in [0.15, 0.2) is 33.3 Å². The minimum Gasteiger partial charge on any atom is -0.339 e. The summed E-state index contributed by atoms with van der Waals surface area (Å²) in [6, 6.07) is 9.43. The molecule has 0 unspecified atom stereocenters. The highest BCUT2D eigenvalue weighted by Gasteiger charge is 2.09. The number of rotatable bonds is 3. The molecule has 1 aromatic heterocycles. The van der Waals surface area contributed by atoms with Crippen LogP contribution in [0.25, 0.3) is 0 Å². The molecule has 0 atom stereocenters. The van der Waals surface area contributed by atoms with E-state index in [9.17, 15) is 0 Å². The van der Waals surface area contributed by atoms with Crippen molar-refractivity contribution in [3.05, 3.63) is 44.7 Å². The summed E-state index contributed by atoms with van der Waals surface area (Å²) in [6.07, 6.45) is 0. The topological polar surface area (TPSA) is 61.6 Å². The fourth-order valence-electron chi connectivity index (χ4n) is 1.61. The van der Waals surface area contributed by atoms with Crippen LogP contribution < -0.4 is 5.32 Å². The number of nitrogens with one attached hydrogen (secondary N) is 1. The van der Waals surface area contributed by atoms with Crippen LogP contribution in [-0.4, -0.2) is 9.97 Å². The number of nitriles is 1. The molecule has 1 aromatic carbocycles. The Bertz CT molecular complexity index is 677. The van der Waals surface area contributed by atoms with Crippen LogP contribution in [-0.2, 0) is 0 Å². The zero-order chi connectivity index (χ0) is 14.7. The van der Waals surface area contributed by atoms with Crippen molar-refractivity contribution in [1.82, 2.24) is 9.97 Å². The zero-order valence-corrected chi connectivity index (χ0v) is 14.2. The second-order valence-corrected chi connectivity index (χ2v) is 6.24. The van der Waals surface area contributed by atoms with Gasteiger partial charge in [0.15, 0.2) is 0 Å². The molecule has 4 nitrogen and oxygen atoms in total. The lowest BCUT2D eigenvalue weighted by Gasteiger charge is -2.11. The summed E-state index contributed by atoms with van der Waals surface area (Å²) in [6.45, 7) is 4.07. The third kappa shape index (κ3) is 3.56. The van der Waals surface area contributed by atoms with Crippen molar-refractivity contribution in [2.75, 3.05) is 5.32 Å². The second-order valence-electron chi connectivity index (χ2n) is 4.52. The van der Waals surface area contributed by atoms with E-state index in [-0.39, 0.29) is 5.92 Å². The van der Waals surface area contributed by atoms with E-state index in [4.69, 9.17) is 5.26 Å². The first-order valence-corrected chi connectivity index (χ1v) is 7.59. The van der Waals surface area contributed by atoms with E-state index in [1.807, 2.05) is 26.0 Å². The fourth-order valence-corrected chi connectivity index (χ4v) is 2.37. The van der Waals surface area contributed by atoms with Gasteiger partial charge in [-0.05, 0) is 34.1 Å². The molecule has 6 heteroatoms. The smallest absolute Gasteiger partial charge is 0.135 e. The molecule has 0 aliphatic heterocycles. The van der Waals surface area contributed by atoms with Crippen LogP contribution in [0.3, 0.4) is 0 Å². The summed E-state index contributed by atoms with van der Waals surface area (Å²) in [5.74, 6) is 1.64. The Labute approximate surface area is 134 Å². The molecule has 0 aliphatic rings. The highest BCUT2D eigenvalue weighted by molar-refractivity contribution is 9.10. The Balaban J connectivity index is 2.38. The van der Waals surface area contributed by atoms with Gasteiger partial charge in [0.2, 0.25) is 0 Å². The predicted octanol–water partition coefficient (Wildman–Crippen LogP) is 4.74. The molecule has 102 valence electrons. The van der Waals surface area contributed by atoms with Gasteiger partial charge < -0.3 is 5.32 Å². The first kappa shape index (κ1) is 14.9. The summed E-state index contributed by atoms with van der Waals surface area (Å²) in [4.78, 5) is 8.78. The average molecular weight is 396 g/mol. The zero-order valence-electron chi connectivity index (χ0n) is 11.0. The van der Waals surface area contributed by atoms with Gasteiger partial charge in [0, 0.05) is 16.5 Å². The molecule has 0 radical (unpaired) electrons. The van der Waals surface area contributed by atoms with Gasteiger partial charge in [0.05, 0.1) is 11.3 Å². The molecule has 2 rings (SSSR count). The van der Waals surface area contributed by atoms with Gasteiger partial charge in [0.1, 0.15) is 22.3 Å². The summed E-state index contributed by atoms with van der Waals surface area (Å²) < 4.78 is 1.58. The summed E-state index contributed by atoms with van der Waals surface area (Å²) in [5, 5.41) is 12.3. The molecule has 1 heterocycles. The molecule has 0 saturated carbocycles. The number of hydrogen-bond acceptors (Lipinski definition) is 4. The number of hydrogen-bond donors (Lipinski definition) is 1.